The maximum atomic E-state index is 13.6. The molecule has 0 aliphatic heterocycles. The Labute approximate surface area is 236 Å². The van der Waals surface area contributed by atoms with Crippen LogP contribution < -0.4 is 21.1 Å². The molecule has 0 aromatic heterocycles. The van der Waals surface area contributed by atoms with Crippen LogP contribution >= 0.6 is 0 Å². The zero-order chi connectivity index (χ0) is 29.4. The second kappa shape index (κ2) is 13.4. The second-order valence-corrected chi connectivity index (χ2v) is 10.0. The van der Waals surface area contributed by atoms with E-state index in [1.165, 1.54) is 18.2 Å². The Morgan fingerprint density at radius 3 is 2.32 bits per heavy atom. The number of nitrogen functional groups attached to an aromatic ring is 1. The fraction of sp³-hybridized carbons (Fsp3) is 0.290. The number of halogens is 3. The number of aliphatic hydroxyl groups excluding tert-OH is 1. The van der Waals surface area contributed by atoms with Crippen LogP contribution in [0.15, 0.2) is 78.9 Å². The third-order valence-electron chi connectivity index (χ3n) is 6.99. The number of hydrogen-bond donors (Lipinski definition) is 4. The van der Waals surface area contributed by atoms with Crippen molar-refractivity contribution >= 4 is 35.0 Å². The fourth-order valence-corrected chi connectivity index (χ4v) is 5.04. The molecular formula is C31H32F3N3O4. The van der Waals surface area contributed by atoms with Crippen LogP contribution in [0.4, 0.5) is 30.2 Å². The van der Waals surface area contributed by atoms with Gasteiger partial charge in [0, 0.05) is 11.8 Å². The van der Waals surface area contributed by atoms with Crippen LogP contribution in [0.25, 0.3) is 6.08 Å². The summed E-state index contributed by atoms with van der Waals surface area (Å²) in [6, 6.07) is 19.1. The van der Waals surface area contributed by atoms with Gasteiger partial charge in [0.15, 0.2) is 0 Å². The molecule has 0 heterocycles. The van der Waals surface area contributed by atoms with Gasteiger partial charge in [0.25, 0.3) is 0 Å². The molecule has 1 fully saturated rings. The molecule has 1 saturated carbocycles. The summed E-state index contributed by atoms with van der Waals surface area (Å²) in [6.07, 6.45) is 1.33. The van der Waals surface area contributed by atoms with E-state index in [4.69, 9.17) is 5.73 Å². The predicted molar refractivity (Wildman–Crippen MR) is 152 cm³/mol. The van der Waals surface area contributed by atoms with Crippen LogP contribution in [-0.4, -0.2) is 29.4 Å². The largest absolute Gasteiger partial charge is 0.573 e. The Bertz CT molecular complexity index is 1360. The van der Waals surface area contributed by atoms with Crippen molar-refractivity contribution in [2.24, 2.45) is 5.92 Å². The molecule has 7 nitrogen and oxygen atoms in total. The summed E-state index contributed by atoms with van der Waals surface area (Å²) in [7, 11) is 0. The van der Waals surface area contributed by atoms with E-state index in [1.807, 2.05) is 12.1 Å². The number of rotatable bonds is 8. The van der Waals surface area contributed by atoms with Gasteiger partial charge < -0.3 is 26.2 Å². The van der Waals surface area contributed by atoms with E-state index in [-0.39, 0.29) is 23.5 Å². The van der Waals surface area contributed by atoms with Gasteiger partial charge in [-0.1, -0.05) is 49.2 Å². The number of amides is 2. The molecule has 1 aliphatic carbocycles. The van der Waals surface area contributed by atoms with Gasteiger partial charge in [-0.05, 0) is 78.8 Å². The number of nitrogens with one attached hydrogen (secondary N) is 2. The fourth-order valence-electron chi connectivity index (χ4n) is 5.04. The lowest BCUT2D eigenvalue weighted by Crippen LogP contribution is -2.29. The Morgan fingerprint density at radius 1 is 0.951 bits per heavy atom. The van der Waals surface area contributed by atoms with Crippen molar-refractivity contribution in [2.75, 3.05) is 16.4 Å². The number of anilines is 3. The maximum absolute atomic E-state index is 13.6. The number of ether oxygens (including phenoxy) is 1. The number of aliphatic hydroxyl groups is 1. The van der Waals surface area contributed by atoms with E-state index in [1.54, 1.807) is 42.5 Å². The van der Waals surface area contributed by atoms with Crippen LogP contribution in [0.1, 0.15) is 49.1 Å². The Kier molecular flexibility index (Phi) is 9.67. The number of para-hydroxylation sites is 2. The summed E-state index contributed by atoms with van der Waals surface area (Å²) in [4.78, 5) is 25.9. The molecule has 4 rings (SSSR count). The molecule has 216 valence electrons. The predicted octanol–water partition coefficient (Wildman–Crippen LogP) is 6.48. The standard InChI is InChI=1S/C31H32F3N3O4/c32-31(33,34)41-25-16-14-23(15-17-25)36-30(40)29(22-5-1-2-6-24(38)19-22)21-12-9-20(10-13-21)11-18-28(39)37-27-8-4-3-7-26(27)35/h3-4,7-18,22,24,29,38H,1-2,5-6,19,35H2,(H,36,40)(H,37,39)/b18-11+/t22?,24-,29?/m0/s1. The summed E-state index contributed by atoms with van der Waals surface area (Å²) in [5, 5.41) is 16.0. The molecule has 0 bridgehead atoms. The highest BCUT2D eigenvalue weighted by atomic mass is 19.4. The molecule has 3 aromatic rings. The molecule has 2 amide bonds. The molecule has 0 spiro atoms. The minimum Gasteiger partial charge on any atom is -0.406 e. The summed E-state index contributed by atoms with van der Waals surface area (Å²) in [5.74, 6) is -1.79. The highest BCUT2D eigenvalue weighted by molar-refractivity contribution is 6.03. The summed E-state index contributed by atoms with van der Waals surface area (Å²) in [5.41, 5.74) is 8.64. The second-order valence-electron chi connectivity index (χ2n) is 10.0. The van der Waals surface area contributed by atoms with Crippen LogP contribution in [-0.2, 0) is 9.59 Å². The van der Waals surface area contributed by atoms with E-state index >= 15 is 0 Å². The third kappa shape index (κ3) is 8.84. The number of hydrogen-bond acceptors (Lipinski definition) is 5. The zero-order valence-electron chi connectivity index (χ0n) is 22.2. The molecular weight excluding hydrogens is 535 g/mol. The van der Waals surface area contributed by atoms with Crippen molar-refractivity contribution in [3.05, 3.63) is 90.0 Å². The first-order chi connectivity index (χ1) is 19.6. The van der Waals surface area contributed by atoms with Gasteiger partial charge in [-0.15, -0.1) is 13.2 Å². The lowest BCUT2D eigenvalue weighted by molar-refractivity contribution is -0.274. The van der Waals surface area contributed by atoms with Gasteiger partial charge in [-0.2, -0.15) is 0 Å². The van der Waals surface area contributed by atoms with Crippen molar-refractivity contribution in [3.63, 3.8) is 0 Å². The average molecular weight is 568 g/mol. The first kappa shape index (κ1) is 29.7. The van der Waals surface area contributed by atoms with Crippen LogP contribution in [0.3, 0.4) is 0 Å². The van der Waals surface area contributed by atoms with Crippen molar-refractivity contribution in [1.82, 2.24) is 0 Å². The van der Waals surface area contributed by atoms with Crippen LogP contribution in [0.2, 0.25) is 0 Å². The number of nitrogens with two attached hydrogens (primary N) is 1. The lowest BCUT2D eigenvalue weighted by atomic mass is 9.80. The first-order valence-electron chi connectivity index (χ1n) is 13.4. The molecule has 3 aromatic carbocycles. The number of carbonyl (C=O) groups excluding carboxylic acids is 2. The van der Waals surface area contributed by atoms with Gasteiger partial charge >= 0.3 is 6.36 Å². The molecule has 0 saturated heterocycles. The topological polar surface area (TPSA) is 114 Å². The normalized spacial score (nSPS) is 18.3. The highest BCUT2D eigenvalue weighted by Gasteiger charge is 2.33. The van der Waals surface area contributed by atoms with Gasteiger partial charge in [-0.3, -0.25) is 9.59 Å². The molecule has 5 N–H and O–H groups in total. The molecule has 41 heavy (non-hydrogen) atoms. The summed E-state index contributed by atoms with van der Waals surface area (Å²) >= 11 is 0. The third-order valence-corrected chi connectivity index (χ3v) is 6.99. The van der Waals surface area contributed by atoms with Crippen molar-refractivity contribution in [2.45, 2.75) is 50.5 Å². The van der Waals surface area contributed by atoms with E-state index < -0.39 is 18.4 Å². The minimum absolute atomic E-state index is 0.135. The number of alkyl halides is 3. The van der Waals surface area contributed by atoms with Crippen LogP contribution in [0, 0.1) is 5.92 Å². The first-order valence-corrected chi connectivity index (χ1v) is 13.4. The van der Waals surface area contributed by atoms with E-state index in [9.17, 15) is 27.9 Å². The monoisotopic (exact) mass is 567 g/mol. The highest BCUT2D eigenvalue weighted by Crippen LogP contribution is 2.37. The molecule has 2 unspecified atom stereocenters. The SMILES string of the molecule is Nc1ccccc1NC(=O)/C=C/c1ccc(C(C(=O)Nc2ccc(OC(F)(F)F)cc2)C2CCCC[C@H](O)C2)cc1. The summed E-state index contributed by atoms with van der Waals surface area (Å²) < 4.78 is 41.4. The molecule has 3 atom stereocenters. The minimum atomic E-state index is -4.81. The van der Waals surface area contributed by atoms with Crippen molar-refractivity contribution in [3.8, 4) is 5.75 Å². The van der Waals surface area contributed by atoms with Crippen molar-refractivity contribution < 1.29 is 32.6 Å². The van der Waals surface area contributed by atoms with E-state index in [0.717, 1.165) is 42.5 Å². The Hall–Kier alpha value is -4.31. The van der Waals surface area contributed by atoms with Gasteiger partial charge in [0.2, 0.25) is 11.8 Å². The van der Waals surface area contributed by atoms with Crippen LogP contribution in [0.5, 0.6) is 5.75 Å². The van der Waals surface area contributed by atoms with Gasteiger partial charge in [0.1, 0.15) is 5.75 Å². The Balaban J connectivity index is 1.49. The van der Waals surface area contributed by atoms with Crippen molar-refractivity contribution in [1.29, 1.82) is 0 Å². The van der Waals surface area contributed by atoms with Gasteiger partial charge in [0.05, 0.1) is 23.4 Å². The number of benzene rings is 3. The Morgan fingerprint density at radius 2 is 1.63 bits per heavy atom. The lowest BCUT2D eigenvalue weighted by Gasteiger charge is -2.27. The maximum Gasteiger partial charge on any atom is 0.573 e. The number of carbonyl (C=O) groups is 2. The van der Waals surface area contributed by atoms with Gasteiger partial charge in [-0.25, -0.2) is 0 Å². The smallest absolute Gasteiger partial charge is 0.406 e. The molecule has 1 aliphatic rings. The molecule has 10 heteroatoms. The van der Waals surface area contributed by atoms with E-state index in [2.05, 4.69) is 15.4 Å². The zero-order valence-corrected chi connectivity index (χ0v) is 22.2. The quantitative estimate of drug-likeness (QED) is 0.141. The van der Waals surface area contributed by atoms with E-state index in [0.29, 0.717) is 29.9 Å². The average Bonchev–Trinajstić information content (AvgIpc) is 3.14. The summed E-state index contributed by atoms with van der Waals surface area (Å²) in [6.45, 7) is 0. The molecule has 0 radical (unpaired) electrons.